The van der Waals surface area contributed by atoms with Crippen LogP contribution in [0.1, 0.15) is 5.82 Å². The van der Waals surface area contributed by atoms with Crippen LogP contribution in [0.15, 0.2) is 30.7 Å². The summed E-state index contributed by atoms with van der Waals surface area (Å²) in [6, 6.07) is 2.82. The lowest BCUT2D eigenvalue weighted by molar-refractivity contribution is 0.609. The first-order valence-electron chi connectivity index (χ1n) is 4.14. The van der Waals surface area contributed by atoms with Crippen molar-refractivity contribution in [2.45, 2.75) is 0 Å². The molecule has 0 amide bonds. The van der Waals surface area contributed by atoms with Crippen LogP contribution in [0.4, 0.5) is 4.39 Å². The van der Waals surface area contributed by atoms with Crippen molar-refractivity contribution in [2.75, 3.05) is 0 Å². The maximum Gasteiger partial charge on any atom is 0.174 e. The van der Waals surface area contributed by atoms with Gasteiger partial charge in [-0.3, -0.25) is 4.57 Å². The molecule has 0 atom stereocenters. The normalized spacial score (nSPS) is 10.2. The molecule has 0 aliphatic rings. The van der Waals surface area contributed by atoms with Gasteiger partial charge in [-0.1, -0.05) is 12.2 Å². The molecule has 2 aromatic heterocycles. The van der Waals surface area contributed by atoms with Crippen molar-refractivity contribution >= 4 is 17.2 Å². The third kappa shape index (κ3) is 1.71. The molecule has 0 unspecified atom stereocenters. The van der Waals surface area contributed by atoms with Crippen molar-refractivity contribution in [1.82, 2.24) is 14.5 Å². The van der Waals surface area contributed by atoms with Gasteiger partial charge >= 0.3 is 0 Å². The highest BCUT2D eigenvalue weighted by molar-refractivity contribution is 7.80. The highest BCUT2D eigenvalue weighted by atomic mass is 32.1. The van der Waals surface area contributed by atoms with Crippen molar-refractivity contribution in [2.24, 2.45) is 5.73 Å². The van der Waals surface area contributed by atoms with Gasteiger partial charge in [-0.15, -0.1) is 0 Å². The fourth-order valence-electron chi connectivity index (χ4n) is 1.21. The lowest BCUT2D eigenvalue weighted by Gasteiger charge is -2.05. The molecule has 15 heavy (non-hydrogen) atoms. The number of hydrogen-bond donors (Lipinski definition) is 1. The number of nitrogens with zero attached hydrogens (tertiary/aromatic N) is 3. The molecular weight excluding hydrogens is 215 g/mol. The Labute approximate surface area is 90.6 Å². The molecule has 0 aliphatic carbocycles. The molecule has 0 spiro atoms. The Kier molecular flexibility index (Phi) is 2.42. The summed E-state index contributed by atoms with van der Waals surface area (Å²) in [5, 5.41) is 0. The van der Waals surface area contributed by atoms with E-state index in [-0.39, 0.29) is 10.8 Å². The first-order valence-corrected chi connectivity index (χ1v) is 4.55. The minimum atomic E-state index is -0.451. The molecule has 0 fully saturated rings. The number of rotatable bonds is 2. The van der Waals surface area contributed by atoms with Gasteiger partial charge in [0.1, 0.15) is 4.99 Å². The van der Waals surface area contributed by atoms with Crippen LogP contribution in [-0.2, 0) is 0 Å². The highest BCUT2D eigenvalue weighted by Gasteiger charge is 2.11. The van der Waals surface area contributed by atoms with Gasteiger partial charge in [-0.05, 0) is 12.1 Å². The minimum Gasteiger partial charge on any atom is -0.387 e. The zero-order valence-corrected chi connectivity index (χ0v) is 8.41. The number of aromatic nitrogens is 3. The average Bonchev–Trinajstić information content (AvgIpc) is 2.67. The second-order valence-electron chi connectivity index (χ2n) is 2.79. The van der Waals surface area contributed by atoms with Crippen LogP contribution in [0.3, 0.4) is 0 Å². The second kappa shape index (κ2) is 3.74. The number of thiocarbonyl (C=S) groups is 1. The van der Waals surface area contributed by atoms with E-state index in [1.807, 2.05) is 0 Å². The fourth-order valence-corrected chi connectivity index (χ4v) is 1.36. The Balaban J connectivity index is 2.59. The molecule has 2 rings (SSSR count). The summed E-state index contributed by atoms with van der Waals surface area (Å²) in [5.41, 5.74) is 5.44. The topological polar surface area (TPSA) is 56.7 Å². The molecule has 0 radical (unpaired) electrons. The summed E-state index contributed by atoms with van der Waals surface area (Å²) in [5.74, 6) is 0.00778. The quantitative estimate of drug-likeness (QED) is 0.771. The molecule has 0 aliphatic heterocycles. The molecular formula is C9H7FN4S. The van der Waals surface area contributed by atoms with E-state index in [0.29, 0.717) is 5.82 Å². The van der Waals surface area contributed by atoms with Gasteiger partial charge in [-0.2, -0.15) is 0 Å². The summed E-state index contributed by atoms with van der Waals surface area (Å²) in [6.45, 7) is 0. The summed E-state index contributed by atoms with van der Waals surface area (Å²) in [4.78, 5) is 7.92. The molecule has 4 nitrogen and oxygen atoms in total. The minimum absolute atomic E-state index is 0.102. The van der Waals surface area contributed by atoms with E-state index in [9.17, 15) is 4.39 Å². The van der Waals surface area contributed by atoms with Crippen LogP contribution in [0.5, 0.6) is 0 Å². The summed E-state index contributed by atoms with van der Waals surface area (Å²) >= 11 is 4.79. The summed E-state index contributed by atoms with van der Waals surface area (Å²) in [7, 11) is 0. The molecule has 6 heteroatoms. The Morgan fingerprint density at radius 2 is 2.20 bits per heavy atom. The van der Waals surface area contributed by atoms with Gasteiger partial charge < -0.3 is 5.73 Å². The first-order chi connectivity index (χ1) is 7.20. The van der Waals surface area contributed by atoms with E-state index < -0.39 is 5.82 Å². The van der Waals surface area contributed by atoms with Gasteiger partial charge in [0.25, 0.3) is 0 Å². The SMILES string of the molecule is NC(=S)c1nccn1-c1ncccc1F. The van der Waals surface area contributed by atoms with Crippen molar-refractivity contribution in [1.29, 1.82) is 0 Å². The van der Waals surface area contributed by atoms with E-state index in [1.54, 1.807) is 6.20 Å². The lowest BCUT2D eigenvalue weighted by atomic mass is 10.4. The Morgan fingerprint density at radius 1 is 1.40 bits per heavy atom. The Hall–Kier alpha value is -1.82. The highest BCUT2D eigenvalue weighted by Crippen LogP contribution is 2.11. The monoisotopic (exact) mass is 222 g/mol. The van der Waals surface area contributed by atoms with Crippen LogP contribution in [-0.4, -0.2) is 19.5 Å². The van der Waals surface area contributed by atoms with E-state index >= 15 is 0 Å². The number of halogens is 1. The van der Waals surface area contributed by atoms with Crippen molar-refractivity contribution < 1.29 is 4.39 Å². The van der Waals surface area contributed by atoms with Crippen molar-refractivity contribution in [3.63, 3.8) is 0 Å². The smallest absolute Gasteiger partial charge is 0.174 e. The Bertz CT molecular complexity index is 508. The third-order valence-electron chi connectivity index (χ3n) is 1.83. The molecule has 2 heterocycles. The number of imidazole rings is 1. The third-order valence-corrected chi connectivity index (χ3v) is 2.01. The zero-order valence-electron chi connectivity index (χ0n) is 7.59. The molecule has 0 aromatic carbocycles. The predicted octanol–water partition coefficient (Wildman–Crippen LogP) is 1.04. The van der Waals surface area contributed by atoms with E-state index in [2.05, 4.69) is 9.97 Å². The predicted molar refractivity (Wildman–Crippen MR) is 57.2 cm³/mol. The maximum atomic E-state index is 13.4. The molecule has 2 aromatic rings. The van der Waals surface area contributed by atoms with Crippen molar-refractivity contribution in [3.8, 4) is 5.82 Å². The van der Waals surface area contributed by atoms with E-state index in [1.165, 1.54) is 29.1 Å². The first kappa shape index (κ1) is 9.72. The van der Waals surface area contributed by atoms with Crippen LogP contribution < -0.4 is 5.73 Å². The van der Waals surface area contributed by atoms with Crippen LogP contribution >= 0.6 is 12.2 Å². The van der Waals surface area contributed by atoms with E-state index in [0.717, 1.165) is 0 Å². The average molecular weight is 222 g/mol. The fraction of sp³-hybridized carbons (Fsp3) is 0. The molecule has 0 bridgehead atoms. The van der Waals surface area contributed by atoms with Crippen LogP contribution in [0, 0.1) is 5.82 Å². The lowest BCUT2D eigenvalue weighted by Crippen LogP contribution is -2.17. The number of nitrogens with two attached hydrogens (primary N) is 1. The van der Waals surface area contributed by atoms with Crippen LogP contribution in [0.2, 0.25) is 0 Å². The summed E-state index contributed by atoms with van der Waals surface area (Å²) < 4.78 is 14.8. The largest absolute Gasteiger partial charge is 0.387 e. The van der Waals surface area contributed by atoms with Gasteiger partial charge in [0, 0.05) is 18.6 Å². The summed E-state index contributed by atoms with van der Waals surface area (Å²) in [6.07, 6.45) is 4.53. The van der Waals surface area contributed by atoms with Gasteiger partial charge in [0.05, 0.1) is 0 Å². The Morgan fingerprint density at radius 3 is 2.87 bits per heavy atom. The van der Waals surface area contributed by atoms with Crippen molar-refractivity contribution in [3.05, 3.63) is 42.4 Å². The van der Waals surface area contributed by atoms with Gasteiger partial charge in [-0.25, -0.2) is 14.4 Å². The molecule has 2 N–H and O–H groups in total. The molecule has 0 saturated heterocycles. The molecule has 0 saturated carbocycles. The maximum absolute atomic E-state index is 13.4. The van der Waals surface area contributed by atoms with Crippen LogP contribution in [0.25, 0.3) is 5.82 Å². The van der Waals surface area contributed by atoms with Gasteiger partial charge in [0.15, 0.2) is 17.5 Å². The number of hydrogen-bond acceptors (Lipinski definition) is 3. The molecule has 76 valence electrons. The standard InChI is InChI=1S/C9H7FN4S/c10-6-2-1-3-12-8(6)14-5-4-13-9(14)7(11)15/h1-5H,(H2,11,15). The van der Waals surface area contributed by atoms with E-state index in [4.69, 9.17) is 18.0 Å². The van der Waals surface area contributed by atoms with Gasteiger partial charge in [0.2, 0.25) is 0 Å². The zero-order chi connectivity index (χ0) is 10.8. The second-order valence-corrected chi connectivity index (χ2v) is 3.23. The number of pyridine rings is 1.